The summed E-state index contributed by atoms with van der Waals surface area (Å²) < 4.78 is 19.7. The molecule has 0 unspecified atom stereocenters. The number of benzene rings is 3. The topological polar surface area (TPSA) is 57.4 Å². The number of pyridine rings is 2. The van der Waals surface area contributed by atoms with E-state index < -0.39 is 18.3 Å². The van der Waals surface area contributed by atoms with Crippen LogP contribution < -0.4 is 5.46 Å². The van der Waals surface area contributed by atoms with Crippen molar-refractivity contribution in [2.24, 2.45) is 0 Å². The van der Waals surface area contributed by atoms with E-state index in [9.17, 15) is 0 Å². The van der Waals surface area contributed by atoms with Crippen LogP contribution in [0.15, 0.2) is 71.1 Å². The Morgan fingerprint density at radius 1 is 0.619 bits per heavy atom. The first-order chi connectivity index (χ1) is 19.9. The largest absolute Gasteiger partial charge is 0.498 e. The highest BCUT2D eigenvalue weighted by molar-refractivity contribution is 6.65. The molecule has 3 aromatic heterocycles. The lowest BCUT2D eigenvalue weighted by Gasteiger charge is -2.32. The molecule has 1 aliphatic rings. The van der Waals surface area contributed by atoms with E-state index in [4.69, 9.17) is 23.7 Å². The van der Waals surface area contributed by atoms with E-state index in [1.54, 1.807) is 0 Å². The predicted molar refractivity (Wildman–Crippen MR) is 174 cm³/mol. The van der Waals surface area contributed by atoms with Crippen LogP contribution in [0.1, 0.15) is 78.6 Å². The lowest BCUT2D eigenvalue weighted by molar-refractivity contribution is 0.00578. The van der Waals surface area contributed by atoms with Crippen molar-refractivity contribution in [2.45, 2.75) is 78.4 Å². The average molecular weight is 557 g/mol. The second-order valence-electron chi connectivity index (χ2n) is 13.3. The first-order valence-corrected chi connectivity index (χ1v) is 15.0. The van der Waals surface area contributed by atoms with E-state index in [2.05, 4.69) is 122 Å². The number of nitrogens with zero attached hydrogens (tertiary/aromatic N) is 2. The number of fused-ring (bicyclic) bond motifs is 6. The molecule has 0 N–H and O–H groups in total. The maximum Gasteiger partial charge on any atom is 0.498 e. The number of hydrogen-bond donors (Lipinski definition) is 0. The quantitative estimate of drug-likeness (QED) is 0.160. The highest BCUT2D eigenvalue weighted by Gasteiger charge is 2.52. The molecule has 0 amide bonds. The minimum Gasteiger partial charge on any atom is -0.456 e. The molecule has 6 aromatic rings. The molecule has 6 heteroatoms. The third-order valence-electron chi connectivity index (χ3n) is 9.22. The lowest BCUT2D eigenvalue weighted by atomic mass is 9.78. The smallest absolute Gasteiger partial charge is 0.456 e. The molecule has 42 heavy (non-hydrogen) atoms. The van der Waals surface area contributed by atoms with Crippen LogP contribution in [0.2, 0.25) is 0 Å². The number of para-hydroxylation sites is 2. The number of aromatic nitrogens is 2. The Hall–Kier alpha value is -3.74. The van der Waals surface area contributed by atoms with Gasteiger partial charge < -0.3 is 13.7 Å². The SMILES string of the molecule is CC(C)c1ccc2ccc3c(-c4cccc5c4oc4c(B6OC(C)(C)C(C)(C)O6)cccc45)cc(C(C)C)nc3c2n1. The van der Waals surface area contributed by atoms with Gasteiger partial charge >= 0.3 is 7.12 Å². The van der Waals surface area contributed by atoms with Crippen LogP contribution in [0.4, 0.5) is 0 Å². The molecule has 0 bridgehead atoms. The van der Waals surface area contributed by atoms with Crippen LogP contribution in [0.25, 0.3) is 54.9 Å². The fourth-order valence-corrected chi connectivity index (χ4v) is 5.96. The van der Waals surface area contributed by atoms with Crippen LogP contribution in [-0.4, -0.2) is 28.3 Å². The van der Waals surface area contributed by atoms with Crippen molar-refractivity contribution in [1.82, 2.24) is 9.97 Å². The molecule has 5 nitrogen and oxygen atoms in total. The van der Waals surface area contributed by atoms with Gasteiger partial charge in [0.1, 0.15) is 11.2 Å². The molecule has 1 aliphatic heterocycles. The van der Waals surface area contributed by atoms with Crippen LogP contribution in [-0.2, 0) is 9.31 Å². The summed E-state index contributed by atoms with van der Waals surface area (Å²) in [5, 5.41) is 4.29. The second-order valence-corrected chi connectivity index (χ2v) is 13.3. The molecule has 0 atom stereocenters. The molecule has 1 saturated heterocycles. The highest BCUT2D eigenvalue weighted by Crippen LogP contribution is 2.41. The van der Waals surface area contributed by atoms with E-state index in [1.165, 1.54) is 0 Å². The van der Waals surface area contributed by atoms with E-state index in [-0.39, 0.29) is 5.92 Å². The second kappa shape index (κ2) is 9.38. The van der Waals surface area contributed by atoms with Crippen molar-refractivity contribution in [3.05, 3.63) is 78.1 Å². The van der Waals surface area contributed by atoms with Crippen molar-refractivity contribution in [3.8, 4) is 11.1 Å². The summed E-state index contributed by atoms with van der Waals surface area (Å²) in [6, 6.07) is 23.5. The van der Waals surface area contributed by atoms with Crippen molar-refractivity contribution in [3.63, 3.8) is 0 Å². The van der Waals surface area contributed by atoms with E-state index >= 15 is 0 Å². The van der Waals surface area contributed by atoms with Gasteiger partial charge in [-0.15, -0.1) is 0 Å². The van der Waals surface area contributed by atoms with Crippen LogP contribution in [0.5, 0.6) is 0 Å². The molecule has 0 radical (unpaired) electrons. The molecule has 212 valence electrons. The Morgan fingerprint density at radius 2 is 1.24 bits per heavy atom. The van der Waals surface area contributed by atoms with Gasteiger partial charge in [0, 0.05) is 44.0 Å². The molecular weight excluding hydrogens is 519 g/mol. The summed E-state index contributed by atoms with van der Waals surface area (Å²) in [6.45, 7) is 17.0. The monoisotopic (exact) mass is 556 g/mol. The zero-order valence-electron chi connectivity index (χ0n) is 25.7. The summed E-state index contributed by atoms with van der Waals surface area (Å²) >= 11 is 0. The molecular formula is C36H37BN2O3. The summed E-state index contributed by atoms with van der Waals surface area (Å²) in [7, 11) is -0.510. The highest BCUT2D eigenvalue weighted by atomic mass is 16.7. The van der Waals surface area contributed by atoms with E-state index in [1.807, 2.05) is 0 Å². The van der Waals surface area contributed by atoms with Gasteiger partial charge in [-0.2, -0.15) is 0 Å². The normalized spacial score (nSPS) is 16.7. The van der Waals surface area contributed by atoms with Crippen LogP contribution in [0, 0.1) is 0 Å². The Labute approximate surface area is 247 Å². The lowest BCUT2D eigenvalue weighted by Crippen LogP contribution is -2.41. The van der Waals surface area contributed by atoms with Gasteiger partial charge in [-0.25, -0.2) is 0 Å². The number of hydrogen-bond acceptors (Lipinski definition) is 5. The van der Waals surface area contributed by atoms with Gasteiger partial charge in [0.15, 0.2) is 0 Å². The molecule has 0 saturated carbocycles. The van der Waals surface area contributed by atoms with Gasteiger partial charge in [-0.3, -0.25) is 9.97 Å². The summed E-state index contributed by atoms with van der Waals surface area (Å²) in [5.74, 6) is 0.585. The standard InChI is InChI=1S/C36H37BN2O3/c1-20(2)29-18-16-22-15-17-23-27(19-30(21(3)4)39-32(23)31(22)38-29)26-12-9-11-24-25-13-10-14-28(34(25)40-33(24)26)37-41-35(5,6)36(7,8)42-37/h9-21H,1-8H3. The summed E-state index contributed by atoms with van der Waals surface area (Å²) in [5.41, 5.74) is 7.81. The summed E-state index contributed by atoms with van der Waals surface area (Å²) in [4.78, 5) is 10.3. The molecule has 0 spiro atoms. The minimum atomic E-state index is -0.510. The van der Waals surface area contributed by atoms with Gasteiger partial charge in [-0.1, -0.05) is 82.3 Å². The van der Waals surface area contributed by atoms with Gasteiger partial charge in [0.2, 0.25) is 0 Å². The van der Waals surface area contributed by atoms with Gasteiger partial charge in [-0.05, 0) is 57.2 Å². The fraction of sp³-hybridized carbons (Fsp3) is 0.333. The van der Waals surface area contributed by atoms with Crippen molar-refractivity contribution >= 4 is 56.3 Å². The third kappa shape index (κ3) is 4.07. The van der Waals surface area contributed by atoms with E-state index in [0.717, 1.165) is 71.7 Å². The van der Waals surface area contributed by atoms with Gasteiger partial charge in [0.25, 0.3) is 0 Å². The predicted octanol–water partition coefficient (Wildman–Crippen LogP) is 8.90. The Balaban J connectivity index is 1.49. The first kappa shape index (κ1) is 27.1. The number of furan rings is 1. The van der Waals surface area contributed by atoms with Gasteiger partial charge in [0.05, 0.1) is 22.2 Å². The molecule has 0 aliphatic carbocycles. The summed E-state index contributed by atoms with van der Waals surface area (Å²) in [6.07, 6.45) is 0. The van der Waals surface area contributed by atoms with Crippen LogP contribution >= 0.6 is 0 Å². The fourth-order valence-electron chi connectivity index (χ4n) is 5.96. The Bertz CT molecular complexity index is 2010. The molecule has 3 aromatic carbocycles. The molecule has 1 fully saturated rings. The zero-order valence-corrected chi connectivity index (χ0v) is 25.7. The molecule has 4 heterocycles. The van der Waals surface area contributed by atoms with Crippen molar-refractivity contribution in [2.75, 3.05) is 0 Å². The number of rotatable bonds is 4. The Morgan fingerprint density at radius 3 is 1.93 bits per heavy atom. The van der Waals surface area contributed by atoms with E-state index in [0.29, 0.717) is 5.92 Å². The van der Waals surface area contributed by atoms with Crippen LogP contribution in [0.3, 0.4) is 0 Å². The first-order valence-electron chi connectivity index (χ1n) is 15.0. The van der Waals surface area contributed by atoms with Crippen molar-refractivity contribution in [1.29, 1.82) is 0 Å². The minimum absolute atomic E-state index is 0.251. The average Bonchev–Trinajstić information content (AvgIpc) is 3.44. The maximum atomic E-state index is 6.81. The third-order valence-corrected chi connectivity index (χ3v) is 9.22. The Kier molecular flexibility index (Phi) is 6.06. The maximum absolute atomic E-state index is 6.81. The zero-order chi connectivity index (χ0) is 29.6. The van der Waals surface area contributed by atoms with Crippen molar-refractivity contribution < 1.29 is 13.7 Å². The molecule has 7 rings (SSSR count).